The summed E-state index contributed by atoms with van der Waals surface area (Å²) in [6.07, 6.45) is 0. The molecule has 2 heterocycles. The van der Waals surface area contributed by atoms with Crippen LogP contribution in [0.15, 0.2) is 5.51 Å². The molecule has 0 aliphatic carbocycles. The predicted octanol–water partition coefficient (Wildman–Crippen LogP) is 1.14. The van der Waals surface area contributed by atoms with Crippen LogP contribution in [0, 0.1) is 6.92 Å². The van der Waals surface area contributed by atoms with E-state index in [-0.39, 0.29) is 5.91 Å². The molecule has 1 amide bonds. The third-order valence-corrected chi connectivity index (χ3v) is 3.19. The molecule has 0 aliphatic heterocycles. The predicted molar refractivity (Wildman–Crippen MR) is 59.1 cm³/mol. The van der Waals surface area contributed by atoms with Gasteiger partial charge in [-0.25, -0.2) is 4.98 Å². The number of aryl methyl sites for hydroxylation is 1. The van der Waals surface area contributed by atoms with Crippen LogP contribution in [0.4, 0.5) is 10.3 Å². The first-order valence-corrected chi connectivity index (χ1v) is 5.67. The van der Waals surface area contributed by atoms with Crippen molar-refractivity contribution in [2.75, 3.05) is 11.1 Å². The number of rotatable bonds is 2. The molecule has 0 saturated carbocycles. The third-order valence-electron chi connectivity index (χ3n) is 1.60. The highest BCUT2D eigenvalue weighted by Crippen LogP contribution is 2.21. The molecular formula is C7H7N5OS2. The minimum Gasteiger partial charge on any atom is -0.375 e. The van der Waals surface area contributed by atoms with Crippen molar-refractivity contribution in [1.82, 2.24) is 15.2 Å². The summed E-state index contributed by atoms with van der Waals surface area (Å²) in [6, 6.07) is 0. The number of thiazole rings is 1. The summed E-state index contributed by atoms with van der Waals surface area (Å²) in [5.74, 6) is -0.251. The molecule has 2 rings (SSSR count). The number of nitrogens with two attached hydrogens (primary N) is 1. The van der Waals surface area contributed by atoms with Gasteiger partial charge in [-0.2, -0.15) is 0 Å². The fourth-order valence-electron chi connectivity index (χ4n) is 1.01. The van der Waals surface area contributed by atoms with Crippen molar-refractivity contribution in [3.63, 3.8) is 0 Å². The van der Waals surface area contributed by atoms with Gasteiger partial charge in [-0.15, -0.1) is 10.2 Å². The van der Waals surface area contributed by atoms with Crippen molar-refractivity contribution in [2.24, 2.45) is 0 Å². The summed E-state index contributed by atoms with van der Waals surface area (Å²) in [7, 11) is 0. The molecule has 0 aromatic carbocycles. The second-order valence-corrected chi connectivity index (χ2v) is 4.53. The lowest BCUT2D eigenvalue weighted by Crippen LogP contribution is -2.11. The van der Waals surface area contributed by atoms with Gasteiger partial charge in [-0.3, -0.25) is 10.1 Å². The summed E-state index contributed by atoms with van der Waals surface area (Å²) in [4.78, 5) is 16.2. The number of hydrogen-bond donors (Lipinski definition) is 2. The van der Waals surface area contributed by atoms with Crippen molar-refractivity contribution in [3.05, 3.63) is 16.1 Å². The van der Waals surface area contributed by atoms with Gasteiger partial charge >= 0.3 is 0 Å². The fourth-order valence-corrected chi connectivity index (χ4v) is 2.18. The highest BCUT2D eigenvalue weighted by atomic mass is 32.1. The van der Waals surface area contributed by atoms with Gasteiger partial charge in [0.1, 0.15) is 10.4 Å². The summed E-state index contributed by atoms with van der Waals surface area (Å²) < 4.78 is 0. The number of aromatic nitrogens is 3. The first-order chi connectivity index (χ1) is 7.16. The van der Waals surface area contributed by atoms with E-state index >= 15 is 0 Å². The Labute approximate surface area is 93.2 Å². The number of nitrogen functional groups attached to an aromatic ring is 1. The highest BCUT2D eigenvalue weighted by Gasteiger charge is 2.15. The number of carbonyl (C=O) groups excluding carboxylic acids is 1. The number of hydrogen-bond acceptors (Lipinski definition) is 7. The third kappa shape index (κ3) is 2.10. The summed E-state index contributed by atoms with van der Waals surface area (Å²) >= 11 is 2.41. The SMILES string of the molecule is Cc1nc(N)sc1C(=O)Nc1nncs1. The van der Waals surface area contributed by atoms with E-state index in [0.29, 0.717) is 20.8 Å². The number of nitrogens with one attached hydrogen (secondary N) is 1. The molecule has 0 atom stereocenters. The number of amides is 1. The lowest BCUT2D eigenvalue weighted by atomic mass is 10.4. The fraction of sp³-hybridized carbons (Fsp3) is 0.143. The van der Waals surface area contributed by atoms with Gasteiger partial charge in [0.05, 0.1) is 5.69 Å². The molecule has 6 nitrogen and oxygen atoms in total. The van der Waals surface area contributed by atoms with E-state index in [2.05, 4.69) is 20.5 Å². The van der Waals surface area contributed by atoms with Crippen LogP contribution in [0.5, 0.6) is 0 Å². The van der Waals surface area contributed by atoms with Gasteiger partial charge < -0.3 is 5.73 Å². The zero-order chi connectivity index (χ0) is 10.8. The maximum atomic E-state index is 11.7. The average molecular weight is 241 g/mol. The Bertz CT molecular complexity index is 478. The van der Waals surface area contributed by atoms with Crippen molar-refractivity contribution in [2.45, 2.75) is 6.92 Å². The van der Waals surface area contributed by atoms with Crippen LogP contribution in [0.2, 0.25) is 0 Å². The van der Waals surface area contributed by atoms with E-state index in [1.807, 2.05) is 0 Å². The number of carbonyl (C=O) groups is 1. The Kier molecular flexibility index (Phi) is 2.60. The van der Waals surface area contributed by atoms with Gasteiger partial charge in [0, 0.05) is 0 Å². The Morgan fingerprint density at radius 2 is 2.40 bits per heavy atom. The van der Waals surface area contributed by atoms with E-state index < -0.39 is 0 Å². The number of nitrogens with zero attached hydrogens (tertiary/aromatic N) is 3. The lowest BCUT2D eigenvalue weighted by molar-refractivity contribution is 0.102. The van der Waals surface area contributed by atoms with Crippen LogP contribution < -0.4 is 11.1 Å². The molecular weight excluding hydrogens is 234 g/mol. The second kappa shape index (κ2) is 3.91. The van der Waals surface area contributed by atoms with Crippen molar-refractivity contribution in [1.29, 1.82) is 0 Å². The van der Waals surface area contributed by atoms with Crippen LogP contribution in [0.25, 0.3) is 0 Å². The molecule has 0 spiro atoms. The van der Waals surface area contributed by atoms with Crippen molar-refractivity contribution in [3.8, 4) is 0 Å². The van der Waals surface area contributed by atoms with Gasteiger partial charge in [0.25, 0.3) is 5.91 Å². The van der Waals surface area contributed by atoms with E-state index in [1.54, 1.807) is 12.4 Å². The zero-order valence-corrected chi connectivity index (χ0v) is 9.35. The molecule has 0 bridgehead atoms. The van der Waals surface area contributed by atoms with E-state index in [9.17, 15) is 4.79 Å². The van der Waals surface area contributed by atoms with Crippen molar-refractivity contribution < 1.29 is 4.79 Å². The smallest absolute Gasteiger partial charge is 0.269 e. The summed E-state index contributed by atoms with van der Waals surface area (Å²) in [5.41, 5.74) is 7.66. The monoisotopic (exact) mass is 241 g/mol. The van der Waals surface area contributed by atoms with E-state index in [4.69, 9.17) is 5.73 Å². The molecule has 2 aromatic rings. The van der Waals surface area contributed by atoms with Crippen LogP contribution in [0.3, 0.4) is 0 Å². The maximum Gasteiger partial charge on any atom is 0.269 e. The Hall–Kier alpha value is -1.54. The molecule has 15 heavy (non-hydrogen) atoms. The maximum absolute atomic E-state index is 11.7. The molecule has 0 saturated heterocycles. The normalized spacial score (nSPS) is 10.2. The first kappa shape index (κ1) is 9.99. The van der Waals surface area contributed by atoms with Crippen LogP contribution in [-0.4, -0.2) is 21.1 Å². The minimum atomic E-state index is -0.251. The van der Waals surface area contributed by atoms with Gasteiger partial charge in [0.15, 0.2) is 5.13 Å². The zero-order valence-electron chi connectivity index (χ0n) is 7.72. The number of anilines is 2. The largest absolute Gasteiger partial charge is 0.375 e. The van der Waals surface area contributed by atoms with Gasteiger partial charge in [-0.05, 0) is 6.92 Å². The molecule has 78 valence electrons. The van der Waals surface area contributed by atoms with E-state index in [1.165, 1.54) is 11.3 Å². The van der Waals surface area contributed by atoms with Gasteiger partial charge in [-0.1, -0.05) is 22.7 Å². The Morgan fingerprint density at radius 3 is 2.93 bits per heavy atom. The topological polar surface area (TPSA) is 93.8 Å². The minimum absolute atomic E-state index is 0.251. The second-order valence-electron chi connectivity index (χ2n) is 2.66. The van der Waals surface area contributed by atoms with Gasteiger partial charge in [0.2, 0.25) is 5.13 Å². The van der Waals surface area contributed by atoms with Crippen molar-refractivity contribution >= 4 is 38.8 Å². The molecule has 3 N–H and O–H groups in total. The molecule has 2 aromatic heterocycles. The Balaban J connectivity index is 2.18. The highest BCUT2D eigenvalue weighted by molar-refractivity contribution is 7.17. The standard InChI is InChI=1S/C7H7N5OS2/c1-3-4(15-6(8)10-3)5(13)11-7-12-9-2-14-7/h2H,1H3,(H2,8,10)(H,11,12,13). The summed E-state index contributed by atoms with van der Waals surface area (Å²) in [5, 5.41) is 10.8. The molecule has 0 aliphatic rings. The quantitative estimate of drug-likeness (QED) is 0.822. The summed E-state index contributed by atoms with van der Waals surface area (Å²) in [6.45, 7) is 1.74. The molecule has 8 heteroatoms. The molecule has 0 unspecified atom stereocenters. The van der Waals surface area contributed by atoms with Crippen LogP contribution in [-0.2, 0) is 0 Å². The van der Waals surface area contributed by atoms with Crippen LogP contribution >= 0.6 is 22.7 Å². The lowest BCUT2D eigenvalue weighted by Gasteiger charge is -1.97. The van der Waals surface area contributed by atoms with E-state index in [0.717, 1.165) is 11.3 Å². The first-order valence-electron chi connectivity index (χ1n) is 3.97. The molecule has 0 fully saturated rings. The Morgan fingerprint density at radius 1 is 1.60 bits per heavy atom. The molecule has 0 radical (unpaired) electrons. The average Bonchev–Trinajstić information content (AvgIpc) is 2.75. The van der Waals surface area contributed by atoms with Crippen LogP contribution in [0.1, 0.15) is 15.4 Å².